The number of nitrogens with one attached hydrogen (secondary N) is 1. The summed E-state index contributed by atoms with van der Waals surface area (Å²) >= 11 is 1.04. The first kappa shape index (κ1) is 18.7. The van der Waals surface area contributed by atoms with E-state index in [0.717, 1.165) is 23.9 Å². The van der Waals surface area contributed by atoms with Crippen molar-refractivity contribution in [3.63, 3.8) is 0 Å². The van der Waals surface area contributed by atoms with Crippen molar-refractivity contribution >= 4 is 23.6 Å². The Balaban J connectivity index is 1.90. The molecule has 0 aliphatic rings. The molecule has 3 heterocycles. The highest BCUT2D eigenvalue weighted by atomic mass is 32.2. The van der Waals surface area contributed by atoms with Gasteiger partial charge in [0.2, 0.25) is 11.1 Å². The van der Waals surface area contributed by atoms with E-state index >= 15 is 0 Å². The zero-order valence-corrected chi connectivity index (χ0v) is 14.7. The van der Waals surface area contributed by atoms with E-state index in [0.29, 0.717) is 5.16 Å². The van der Waals surface area contributed by atoms with Gasteiger partial charge in [0.15, 0.2) is 0 Å². The van der Waals surface area contributed by atoms with Crippen LogP contribution in [0, 0.1) is 0 Å². The summed E-state index contributed by atoms with van der Waals surface area (Å²) in [5.74, 6) is -0.713. The van der Waals surface area contributed by atoms with Gasteiger partial charge in [0.1, 0.15) is 5.69 Å². The van der Waals surface area contributed by atoms with Crippen molar-refractivity contribution in [1.29, 1.82) is 0 Å². The van der Waals surface area contributed by atoms with Crippen LogP contribution in [0.4, 0.5) is 19.1 Å². The summed E-state index contributed by atoms with van der Waals surface area (Å²) in [6.07, 6.45) is -4.64. The summed E-state index contributed by atoms with van der Waals surface area (Å²) in [5.41, 5.74) is -1.23. The van der Waals surface area contributed by atoms with Gasteiger partial charge in [-0.2, -0.15) is 13.2 Å². The lowest BCUT2D eigenvalue weighted by Gasteiger charge is -2.12. The molecule has 0 aliphatic heterocycles. The van der Waals surface area contributed by atoms with E-state index in [1.165, 1.54) is 16.4 Å². The van der Waals surface area contributed by atoms with Crippen LogP contribution in [-0.4, -0.2) is 51.3 Å². The number of anilines is 1. The van der Waals surface area contributed by atoms with Gasteiger partial charge in [-0.25, -0.2) is 14.3 Å². The minimum absolute atomic E-state index is 0.0380. The zero-order valence-electron chi connectivity index (χ0n) is 13.8. The number of aryl methyl sites for hydroxylation is 2. The normalized spacial score (nSPS) is 11.6. The second-order valence-electron chi connectivity index (χ2n) is 5.14. The van der Waals surface area contributed by atoms with E-state index < -0.39 is 17.8 Å². The number of aromatic nitrogens is 9. The van der Waals surface area contributed by atoms with E-state index in [1.807, 2.05) is 0 Å². The number of hydrogen-bond acceptors (Lipinski definition) is 9. The molecule has 11 nitrogen and oxygen atoms in total. The molecule has 0 fully saturated rings. The summed E-state index contributed by atoms with van der Waals surface area (Å²) in [4.78, 5) is 16.1. The highest BCUT2D eigenvalue weighted by molar-refractivity contribution is 7.98. The van der Waals surface area contributed by atoms with Crippen molar-refractivity contribution in [1.82, 2.24) is 45.4 Å². The predicted octanol–water partition coefficient (Wildman–Crippen LogP) is 0.692. The van der Waals surface area contributed by atoms with Crippen molar-refractivity contribution in [3.05, 3.63) is 29.1 Å². The Hall–Kier alpha value is -3.10. The van der Waals surface area contributed by atoms with Crippen molar-refractivity contribution in [2.24, 2.45) is 14.1 Å². The number of halogens is 3. The fraction of sp³-hybridized carbons (Fsp3) is 0.333. The lowest BCUT2D eigenvalue weighted by molar-refractivity contribution is -0.141. The summed E-state index contributed by atoms with van der Waals surface area (Å²) < 4.78 is 41.6. The Morgan fingerprint density at radius 1 is 1.15 bits per heavy atom. The average molecular weight is 400 g/mol. The molecule has 1 amide bonds. The number of pyridine rings is 1. The first-order valence-electron chi connectivity index (χ1n) is 7.21. The van der Waals surface area contributed by atoms with Gasteiger partial charge in [0.25, 0.3) is 5.91 Å². The van der Waals surface area contributed by atoms with Crippen LogP contribution in [0.2, 0.25) is 0 Å². The summed E-state index contributed by atoms with van der Waals surface area (Å²) in [5, 5.41) is 24.1. The number of carbonyl (C=O) groups excluding carboxylic acids is 1. The molecule has 0 bridgehead atoms. The predicted molar refractivity (Wildman–Crippen MR) is 84.3 cm³/mol. The number of nitrogens with zero attached hydrogens (tertiary/aromatic N) is 9. The van der Waals surface area contributed by atoms with Crippen LogP contribution in [0.5, 0.6) is 0 Å². The molecule has 0 spiro atoms. The van der Waals surface area contributed by atoms with Crippen LogP contribution < -0.4 is 5.32 Å². The fourth-order valence-corrected chi connectivity index (χ4v) is 2.76. The third kappa shape index (κ3) is 4.18. The van der Waals surface area contributed by atoms with E-state index in [1.54, 1.807) is 7.05 Å². The second-order valence-corrected chi connectivity index (χ2v) is 6.08. The Labute approximate surface area is 153 Å². The molecule has 0 atom stereocenters. The molecular formula is C12H11F3N10OS. The molecule has 3 aromatic rings. The van der Waals surface area contributed by atoms with Crippen molar-refractivity contribution in [2.45, 2.75) is 17.1 Å². The molecule has 3 aromatic heterocycles. The number of tetrazole rings is 2. The Morgan fingerprint density at radius 2 is 1.85 bits per heavy atom. The Morgan fingerprint density at radius 3 is 2.44 bits per heavy atom. The molecule has 0 saturated carbocycles. The lowest BCUT2D eigenvalue weighted by atomic mass is 10.1. The van der Waals surface area contributed by atoms with Crippen molar-refractivity contribution in [2.75, 3.05) is 5.32 Å². The maximum Gasteiger partial charge on any atom is 0.433 e. The van der Waals surface area contributed by atoms with E-state index in [-0.39, 0.29) is 23.0 Å². The molecule has 0 aliphatic carbocycles. The van der Waals surface area contributed by atoms with E-state index in [9.17, 15) is 18.0 Å². The molecule has 0 radical (unpaired) electrons. The minimum atomic E-state index is -4.64. The second kappa shape index (κ2) is 7.26. The van der Waals surface area contributed by atoms with Crippen LogP contribution >= 0.6 is 11.8 Å². The molecular weight excluding hydrogens is 389 g/mol. The number of thioether (sulfide) groups is 1. The Kier molecular flexibility index (Phi) is 5.02. The van der Waals surface area contributed by atoms with Crippen LogP contribution in [0.15, 0.2) is 17.3 Å². The highest BCUT2D eigenvalue weighted by Gasteiger charge is 2.33. The minimum Gasteiger partial charge on any atom is -0.289 e. The first-order chi connectivity index (χ1) is 12.8. The van der Waals surface area contributed by atoms with Gasteiger partial charge in [0.05, 0.1) is 11.3 Å². The molecule has 1 N–H and O–H groups in total. The van der Waals surface area contributed by atoms with Crippen molar-refractivity contribution in [3.8, 4) is 0 Å². The monoisotopic (exact) mass is 400 g/mol. The standard InChI is InChI=1S/C12H11F3N10OS/c1-24-10(18-20-22-24)17-9(26)6-3-4-8(12(13,14)15)16-7(6)5-27-11-19-21-23-25(11)2/h3-4H,5H2,1-2H3,(H,17,18,22,26). The number of amides is 1. The van der Waals surface area contributed by atoms with E-state index in [2.05, 4.69) is 41.4 Å². The zero-order chi connectivity index (χ0) is 19.6. The molecule has 0 aromatic carbocycles. The SMILES string of the molecule is Cn1nnnc1NC(=O)c1ccc(C(F)(F)F)nc1CSc1nnnn1C. The van der Waals surface area contributed by atoms with E-state index in [4.69, 9.17) is 0 Å². The molecule has 27 heavy (non-hydrogen) atoms. The van der Waals surface area contributed by atoms with Gasteiger partial charge < -0.3 is 0 Å². The van der Waals surface area contributed by atoms with Gasteiger partial charge in [-0.05, 0) is 33.0 Å². The van der Waals surface area contributed by atoms with Gasteiger partial charge >= 0.3 is 6.18 Å². The quantitative estimate of drug-likeness (QED) is 0.615. The third-order valence-electron chi connectivity index (χ3n) is 3.27. The van der Waals surface area contributed by atoms with Crippen LogP contribution in [-0.2, 0) is 26.0 Å². The molecule has 3 rings (SSSR count). The number of hydrogen-bond donors (Lipinski definition) is 1. The van der Waals surface area contributed by atoms with Gasteiger partial charge in [-0.15, -0.1) is 5.10 Å². The van der Waals surface area contributed by atoms with Gasteiger partial charge in [0, 0.05) is 19.8 Å². The smallest absolute Gasteiger partial charge is 0.289 e. The molecule has 142 valence electrons. The summed E-state index contributed by atoms with van der Waals surface area (Å²) in [7, 11) is 3.08. The summed E-state index contributed by atoms with van der Waals surface area (Å²) in [6, 6.07) is 1.79. The van der Waals surface area contributed by atoms with Crippen LogP contribution in [0.1, 0.15) is 21.7 Å². The maximum atomic E-state index is 13.0. The van der Waals surface area contributed by atoms with Crippen molar-refractivity contribution < 1.29 is 18.0 Å². The number of rotatable bonds is 5. The van der Waals surface area contributed by atoms with Gasteiger partial charge in [-0.1, -0.05) is 16.9 Å². The lowest BCUT2D eigenvalue weighted by Crippen LogP contribution is -2.19. The third-order valence-corrected chi connectivity index (χ3v) is 4.30. The average Bonchev–Trinajstić information content (AvgIpc) is 3.20. The molecule has 15 heteroatoms. The maximum absolute atomic E-state index is 13.0. The van der Waals surface area contributed by atoms with Crippen LogP contribution in [0.3, 0.4) is 0 Å². The topological polar surface area (TPSA) is 129 Å². The Bertz CT molecular complexity index is 968. The number of carbonyl (C=O) groups is 1. The first-order valence-corrected chi connectivity index (χ1v) is 8.20. The molecule has 0 unspecified atom stereocenters. The number of alkyl halides is 3. The molecule has 0 saturated heterocycles. The largest absolute Gasteiger partial charge is 0.433 e. The van der Waals surface area contributed by atoms with Gasteiger partial charge in [-0.3, -0.25) is 10.1 Å². The fourth-order valence-electron chi connectivity index (χ4n) is 1.96. The van der Waals surface area contributed by atoms with Crippen LogP contribution in [0.25, 0.3) is 0 Å². The summed E-state index contributed by atoms with van der Waals surface area (Å²) in [6.45, 7) is 0. The highest BCUT2D eigenvalue weighted by Crippen LogP contribution is 2.30.